The monoisotopic (exact) mass is 374 g/mol. The number of carboxylic acids is 1. The molecule has 0 amide bonds. The number of carbonyl (C=O) groups excluding carboxylic acids is 1. The van der Waals surface area contributed by atoms with Crippen LogP contribution in [0.25, 0.3) is 0 Å². The number of aliphatic carboxylic acids is 1. The molecule has 0 aromatic rings. The van der Waals surface area contributed by atoms with Crippen LogP contribution in [-0.2, 0) is 14.3 Å². The summed E-state index contributed by atoms with van der Waals surface area (Å²) < 4.78 is 6.51. The summed E-state index contributed by atoms with van der Waals surface area (Å²) in [5, 5.41) is 20.6. The van der Waals surface area contributed by atoms with Crippen molar-refractivity contribution in [2.75, 3.05) is 0 Å². The van der Waals surface area contributed by atoms with Gasteiger partial charge in [0, 0.05) is 23.7 Å². The van der Waals surface area contributed by atoms with E-state index >= 15 is 0 Å². The minimum atomic E-state index is -0.912. The number of carboxylic acid groups (broad SMARTS) is 1. The van der Waals surface area contributed by atoms with Crippen LogP contribution in [0.3, 0.4) is 0 Å². The molecule has 148 valence electrons. The van der Waals surface area contributed by atoms with Crippen LogP contribution in [0.15, 0.2) is 12.2 Å². The second kappa shape index (κ2) is 5.24. The molecule has 4 fully saturated rings. The number of epoxide rings is 1. The summed E-state index contributed by atoms with van der Waals surface area (Å²) in [5.41, 5.74) is -1.48. The summed E-state index contributed by atoms with van der Waals surface area (Å²) in [6, 6.07) is 0. The predicted octanol–water partition coefficient (Wildman–Crippen LogP) is 3.10. The molecule has 5 heteroatoms. The maximum absolute atomic E-state index is 12.0. The van der Waals surface area contributed by atoms with Crippen molar-refractivity contribution in [3.05, 3.63) is 12.2 Å². The molecule has 8 atom stereocenters. The van der Waals surface area contributed by atoms with E-state index in [0.717, 1.165) is 25.7 Å². The Balaban J connectivity index is 1.50. The van der Waals surface area contributed by atoms with Gasteiger partial charge < -0.3 is 14.9 Å². The molecule has 5 nitrogen and oxygen atoms in total. The topological polar surface area (TPSA) is 87.1 Å². The zero-order chi connectivity index (χ0) is 19.2. The molecule has 27 heavy (non-hydrogen) atoms. The van der Waals surface area contributed by atoms with Crippen LogP contribution >= 0.6 is 0 Å². The van der Waals surface area contributed by atoms with Crippen LogP contribution in [0.1, 0.15) is 65.2 Å². The van der Waals surface area contributed by atoms with Crippen molar-refractivity contribution in [3.63, 3.8) is 0 Å². The lowest BCUT2D eigenvalue weighted by molar-refractivity contribution is -0.145. The van der Waals surface area contributed by atoms with E-state index < -0.39 is 11.6 Å². The molecule has 5 rings (SSSR count). The lowest BCUT2D eigenvalue weighted by Gasteiger charge is -2.57. The quantitative estimate of drug-likeness (QED) is 0.741. The number of ether oxygens (including phenoxy) is 1. The molecular weight excluding hydrogens is 344 g/mol. The van der Waals surface area contributed by atoms with Crippen LogP contribution in [0, 0.1) is 28.6 Å². The third-order valence-corrected chi connectivity index (χ3v) is 9.49. The highest BCUT2D eigenvalue weighted by atomic mass is 16.6. The number of rotatable bonds is 3. The molecule has 5 aliphatic rings. The number of hydrogen-bond donors (Lipinski definition) is 2. The van der Waals surface area contributed by atoms with Gasteiger partial charge in [-0.15, -0.1) is 0 Å². The zero-order valence-electron chi connectivity index (χ0n) is 16.2. The van der Waals surface area contributed by atoms with Gasteiger partial charge in [0.1, 0.15) is 5.60 Å². The van der Waals surface area contributed by atoms with Crippen molar-refractivity contribution in [1.29, 1.82) is 0 Å². The number of fused-ring (bicyclic) bond motifs is 3. The first-order chi connectivity index (χ1) is 12.7. The van der Waals surface area contributed by atoms with Gasteiger partial charge in [-0.25, -0.2) is 0 Å². The van der Waals surface area contributed by atoms with Gasteiger partial charge in [-0.05, 0) is 62.4 Å². The number of ketones is 1. The summed E-state index contributed by atoms with van der Waals surface area (Å²) in [4.78, 5) is 23.1. The number of allylic oxidation sites excluding steroid dienone is 1. The fourth-order valence-electron chi connectivity index (χ4n) is 7.91. The van der Waals surface area contributed by atoms with Gasteiger partial charge in [-0.1, -0.05) is 19.9 Å². The van der Waals surface area contributed by atoms with Gasteiger partial charge in [0.15, 0.2) is 5.78 Å². The zero-order valence-corrected chi connectivity index (χ0v) is 16.2. The number of carbonyl (C=O) groups is 2. The van der Waals surface area contributed by atoms with E-state index in [1.165, 1.54) is 0 Å². The van der Waals surface area contributed by atoms with Crippen molar-refractivity contribution < 1.29 is 24.5 Å². The largest absolute Gasteiger partial charge is 0.481 e. The molecule has 3 saturated carbocycles. The fourth-order valence-corrected chi connectivity index (χ4v) is 7.91. The molecule has 0 bridgehead atoms. The Morgan fingerprint density at radius 2 is 2.04 bits per heavy atom. The van der Waals surface area contributed by atoms with E-state index in [2.05, 4.69) is 19.9 Å². The van der Waals surface area contributed by atoms with Crippen molar-refractivity contribution in [2.45, 2.75) is 82.5 Å². The summed E-state index contributed by atoms with van der Waals surface area (Å²) in [5.74, 6) is 0.494. The SMILES string of the molecule is C[C@]12C[C@H]3O[C@@]34C(CC[C@H]3CC(=O)C=C[C@@]34C)C1CC[C@@]2(O)CCC(=O)O. The highest BCUT2D eigenvalue weighted by molar-refractivity contribution is 5.91. The smallest absolute Gasteiger partial charge is 0.303 e. The highest BCUT2D eigenvalue weighted by Gasteiger charge is 2.80. The van der Waals surface area contributed by atoms with Gasteiger partial charge in [-0.3, -0.25) is 9.59 Å². The molecule has 2 N–H and O–H groups in total. The summed E-state index contributed by atoms with van der Waals surface area (Å²) in [7, 11) is 0. The third kappa shape index (κ3) is 2.02. The molecule has 0 radical (unpaired) electrons. The molecule has 1 aliphatic heterocycles. The Hall–Kier alpha value is -1.20. The minimum Gasteiger partial charge on any atom is -0.481 e. The van der Waals surface area contributed by atoms with Gasteiger partial charge in [0.2, 0.25) is 0 Å². The normalized spacial score (nSPS) is 55.3. The van der Waals surface area contributed by atoms with Crippen molar-refractivity contribution >= 4 is 11.8 Å². The van der Waals surface area contributed by atoms with E-state index in [1.54, 1.807) is 6.08 Å². The van der Waals surface area contributed by atoms with Gasteiger partial charge >= 0.3 is 5.97 Å². The van der Waals surface area contributed by atoms with Gasteiger partial charge in [0.05, 0.1) is 11.7 Å². The van der Waals surface area contributed by atoms with Crippen LogP contribution in [0.4, 0.5) is 0 Å². The summed E-state index contributed by atoms with van der Waals surface area (Å²) in [6.07, 6.45) is 9.50. The molecule has 1 spiro atoms. The molecule has 0 aromatic carbocycles. The standard InChI is InChI=1S/C22H30O5/c1-19-8-5-14(23)11-13(19)3-4-16-15-6-9-21(26,10-7-18(24)25)20(15,2)12-17-22(16,19)27-17/h5,8,13,15-17,26H,3-4,6-7,9-12H2,1-2H3,(H,24,25)/t13-,15?,16?,17+,19-,20-,21+,22-/m0/s1. The molecule has 1 heterocycles. The molecular formula is C22H30O5. The average Bonchev–Trinajstić information content (AvgIpc) is 3.26. The van der Waals surface area contributed by atoms with E-state index in [4.69, 9.17) is 9.84 Å². The summed E-state index contributed by atoms with van der Waals surface area (Å²) in [6.45, 7) is 4.45. The van der Waals surface area contributed by atoms with E-state index in [9.17, 15) is 14.7 Å². The Kier molecular flexibility index (Phi) is 3.46. The summed E-state index contributed by atoms with van der Waals surface area (Å²) >= 11 is 0. The number of aliphatic hydroxyl groups is 1. The molecule has 4 aliphatic carbocycles. The van der Waals surface area contributed by atoms with Crippen LogP contribution in [0.2, 0.25) is 0 Å². The lowest BCUT2D eigenvalue weighted by atomic mass is 9.45. The second-order valence-corrected chi connectivity index (χ2v) is 10.3. The number of hydrogen-bond acceptors (Lipinski definition) is 4. The van der Waals surface area contributed by atoms with Crippen LogP contribution in [0.5, 0.6) is 0 Å². The average molecular weight is 374 g/mol. The maximum Gasteiger partial charge on any atom is 0.303 e. The van der Waals surface area contributed by atoms with Crippen molar-refractivity contribution in [3.8, 4) is 0 Å². The predicted molar refractivity (Wildman–Crippen MR) is 98.0 cm³/mol. The Morgan fingerprint density at radius 1 is 1.26 bits per heavy atom. The first-order valence-corrected chi connectivity index (χ1v) is 10.5. The van der Waals surface area contributed by atoms with Gasteiger partial charge in [-0.2, -0.15) is 0 Å². The van der Waals surface area contributed by atoms with Crippen LogP contribution in [-0.4, -0.2) is 39.3 Å². The Labute approximate surface area is 160 Å². The van der Waals surface area contributed by atoms with Crippen LogP contribution < -0.4 is 0 Å². The highest BCUT2D eigenvalue weighted by Crippen LogP contribution is 2.76. The first kappa shape index (κ1) is 17.9. The van der Waals surface area contributed by atoms with Crippen molar-refractivity contribution in [1.82, 2.24) is 0 Å². The third-order valence-electron chi connectivity index (χ3n) is 9.49. The first-order valence-electron chi connectivity index (χ1n) is 10.5. The minimum absolute atomic E-state index is 0.0186. The van der Waals surface area contributed by atoms with E-state index in [1.807, 2.05) is 0 Å². The van der Waals surface area contributed by atoms with E-state index in [-0.39, 0.29) is 34.7 Å². The Morgan fingerprint density at radius 3 is 2.78 bits per heavy atom. The lowest BCUT2D eigenvalue weighted by Crippen LogP contribution is -2.61. The second-order valence-electron chi connectivity index (χ2n) is 10.3. The Bertz CT molecular complexity index is 745. The fraction of sp³-hybridized carbons (Fsp3) is 0.818. The maximum atomic E-state index is 12.0. The molecule has 0 aromatic heterocycles. The molecule has 1 saturated heterocycles. The van der Waals surface area contributed by atoms with E-state index in [0.29, 0.717) is 37.0 Å². The molecule has 2 unspecified atom stereocenters. The van der Waals surface area contributed by atoms with Gasteiger partial charge in [0.25, 0.3) is 0 Å². The van der Waals surface area contributed by atoms with Crippen molar-refractivity contribution in [2.24, 2.45) is 28.6 Å².